The molecule has 4 nitrogen and oxygen atoms in total. The van der Waals surface area contributed by atoms with Crippen molar-refractivity contribution >= 4 is 5.69 Å². The van der Waals surface area contributed by atoms with Crippen molar-refractivity contribution in [3.05, 3.63) is 24.0 Å². The summed E-state index contributed by atoms with van der Waals surface area (Å²) in [6, 6.07) is 4.72. The van der Waals surface area contributed by atoms with E-state index in [1.165, 1.54) is 12.1 Å². The molecule has 2 rings (SSSR count). The molecular weight excluding hydrogens is 262 g/mol. The van der Waals surface area contributed by atoms with Crippen molar-refractivity contribution in [2.24, 2.45) is 5.92 Å². The van der Waals surface area contributed by atoms with Gasteiger partial charge in [-0.3, -0.25) is 4.98 Å². The van der Waals surface area contributed by atoms with Gasteiger partial charge in [0.25, 0.3) is 0 Å². The number of anilines is 1. The second-order valence-electron chi connectivity index (χ2n) is 5.95. The lowest BCUT2D eigenvalue weighted by molar-refractivity contribution is 0.0498. The van der Waals surface area contributed by atoms with Crippen LogP contribution in [0.3, 0.4) is 0 Å². The van der Waals surface area contributed by atoms with Gasteiger partial charge in [-0.25, -0.2) is 0 Å². The number of piperidine rings is 1. The maximum atomic E-state index is 5.59. The summed E-state index contributed by atoms with van der Waals surface area (Å²) in [6.45, 7) is 9.63. The molecule has 4 heteroatoms. The largest absolute Gasteiger partial charge is 0.379 e. The number of hydrogen-bond acceptors (Lipinski definition) is 4. The van der Waals surface area contributed by atoms with Gasteiger partial charge in [-0.15, -0.1) is 0 Å². The normalized spacial score (nSPS) is 24.1. The first kappa shape index (κ1) is 16.2. The maximum absolute atomic E-state index is 5.59. The third-order valence-corrected chi connectivity index (χ3v) is 4.54. The molecule has 0 spiro atoms. The maximum Gasteiger partial charge on any atom is 0.0772 e. The van der Waals surface area contributed by atoms with Crippen LogP contribution in [-0.4, -0.2) is 37.8 Å². The van der Waals surface area contributed by atoms with Crippen LogP contribution in [-0.2, 0) is 4.74 Å². The fourth-order valence-corrected chi connectivity index (χ4v) is 3.07. The van der Waals surface area contributed by atoms with Crippen LogP contribution in [0.4, 0.5) is 5.69 Å². The molecule has 1 aromatic rings. The number of hydrogen-bond donors (Lipinski definition) is 1. The lowest BCUT2D eigenvalue weighted by Gasteiger charge is -2.37. The molecule has 1 aliphatic rings. The molecule has 21 heavy (non-hydrogen) atoms. The number of ether oxygens (including phenoxy) is 1. The van der Waals surface area contributed by atoms with Gasteiger partial charge in [0.2, 0.25) is 0 Å². The zero-order chi connectivity index (χ0) is 15.2. The lowest BCUT2D eigenvalue weighted by atomic mass is 9.95. The van der Waals surface area contributed by atoms with Gasteiger partial charge in [-0.2, -0.15) is 0 Å². The van der Waals surface area contributed by atoms with E-state index < -0.39 is 0 Å². The van der Waals surface area contributed by atoms with Crippen LogP contribution in [0, 0.1) is 5.92 Å². The molecule has 1 aromatic heterocycles. The van der Waals surface area contributed by atoms with Gasteiger partial charge >= 0.3 is 0 Å². The second-order valence-corrected chi connectivity index (χ2v) is 5.95. The molecule has 1 fully saturated rings. The molecule has 2 heterocycles. The van der Waals surface area contributed by atoms with E-state index in [1.54, 1.807) is 0 Å². The van der Waals surface area contributed by atoms with Crippen molar-refractivity contribution in [3.63, 3.8) is 0 Å². The van der Waals surface area contributed by atoms with E-state index in [4.69, 9.17) is 4.74 Å². The Morgan fingerprint density at radius 1 is 1.43 bits per heavy atom. The molecule has 3 unspecified atom stereocenters. The highest BCUT2D eigenvalue weighted by Crippen LogP contribution is 2.25. The Morgan fingerprint density at radius 2 is 2.24 bits per heavy atom. The van der Waals surface area contributed by atoms with Crippen LogP contribution in [0.25, 0.3) is 0 Å². The number of methoxy groups -OCH3 is 1. The van der Waals surface area contributed by atoms with E-state index in [1.807, 2.05) is 13.3 Å². The summed E-state index contributed by atoms with van der Waals surface area (Å²) < 4.78 is 5.59. The molecule has 0 aromatic carbocycles. The molecular formula is C17H29N3O. The van der Waals surface area contributed by atoms with Gasteiger partial charge < -0.3 is 15.0 Å². The van der Waals surface area contributed by atoms with Gasteiger partial charge in [0, 0.05) is 26.2 Å². The highest BCUT2D eigenvalue weighted by atomic mass is 16.5. The number of nitrogens with one attached hydrogen (secondary N) is 1. The Labute approximate surface area is 128 Å². The number of aromatic nitrogens is 1. The van der Waals surface area contributed by atoms with E-state index in [9.17, 15) is 0 Å². The monoisotopic (exact) mass is 291 g/mol. The molecule has 0 saturated carbocycles. The van der Waals surface area contributed by atoms with E-state index in [2.05, 4.69) is 48.1 Å². The fraction of sp³-hybridized carbons (Fsp3) is 0.706. The van der Waals surface area contributed by atoms with Crippen molar-refractivity contribution < 1.29 is 4.74 Å². The zero-order valence-electron chi connectivity index (χ0n) is 13.8. The van der Waals surface area contributed by atoms with Gasteiger partial charge in [0.1, 0.15) is 0 Å². The first-order valence-corrected chi connectivity index (χ1v) is 8.16. The molecule has 0 aliphatic carbocycles. The average molecular weight is 291 g/mol. The lowest BCUT2D eigenvalue weighted by Crippen LogP contribution is -2.44. The average Bonchev–Trinajstić information content (AvgIpc) is 2.53. The van der Waals surface area contributed by atoms with Crippen LogP contribution in [0.1, 0.15) is 45.3 Å². The molecule has 1 saturated heterocycles. The van der Waals surface area contributed by atoms with Gasteiger partial charge in [0.15, 0.2) is 0 Å². The van der Waals surface area contributed by atoms with Crippen LogP contribution in [0.15, 0.2) is 18.3 Å². The Kier molecular flexibility index (Phi) is 6.00. The smallest absolute Gasteiger partial charge is 0.0772 e. The summed E-state index contributed by atoms with van der Waals surface area (Å²) in [5, 5.41) is 3.47. The third kappa shape index (κ3) is 3.95. The molecule has 1 aliphatic heterocycles. The standard InChI is InChI=1S/C17H29N3O/c1-5-15(18-6-2)16-8-7-14(11-19-16)20-10-9-13(3)17(12-20)21-4/h7-8,11,13,15,17-18H,5-6,9-10,12H2,1-4H3. The Hall–Kier alpha value is -1.13. The van der Waals surface area contributed by atoms with Gasteiger partial charge in [0.05, 0.1) is 23.7 Å². The quantitative estimate of drug-likeness (QED) is 0.874. The van der Waals surface area contributed by atoms with E-state index >= 15 is 0 Å². The molecule has 1 N–H and O–H groups in total. The fourth-order valence-electron chi connectivity index (χ4n) is 3.07. The van der Waals surface area contributed by atoms with Gasteiger partial charge in [-0.05, 0) is 37.4 Å². The second kappa shape index (κ2) is 7.76. The van der Waals surface area contributed by atoms with Crippen molar-refractivity contribution in [2.75, 3.05) is 31.6 Å². The Balaban J connectivity index is 2.05. The minimum atomic E-state index is 0.323. The summed E-state index contributed by atoms with van der Waals surface area (Å²) in [4.78, 5) is 7.06. The van der Waals surface area contributed by atoms with E-state index in [0.29, 0.717) is 18.1 Å². The number of nitrogens with zero attached hydrogens (tertiary/aromatic N) is 2. The summed E-state index contributed by atoms with van der Waals surface area (Å²) >= 11 is 0. The van der Waals surface area contributed by atoms with Crippen LogP contribution < -0.4 is 10.2 Å². The SMILES string of the molecule is CCNC(CC)c1ccc(N2CCC(C)C(OC)C2)cn1. The molecule has 0 amide bonds. The molecule has 118 valence electrons. The predicted molar refractivity (Wildman–Crippen MR) is 87.7 cm³/mol. The van der Waals surface area contributed by atoms with Crippen molar-refractivity contribution in [1.82, 2.24) is 10.3 Å². The molecule has 0 radical (unpaired) electrons. The minimum Gasteiger partial charge on any atom is -0.379 e. The van der Waals surface area contributed by atoms with Gasteiger partial charge in [-0.1, -0.05) is 20.8 Å². The van der Waals surface area contributed by atoms with Crippen LogP contribution in [0.2, 0.25) is 0 Å². The first-order chi connectivity index (χ1) is 10.2. The third-order valence-electron chi connectivity index (χ3n) is 4.54. The minimum absolute atomic E-state index is 0.323. The highest BCUT2D eigenvalue weighted by molar-refractivity contribution is 5.45. The van der Waals surface area contributed by atoms with Crippen LogP contribution in [0.5, 0.6) is 0 Å². The molecule has 0 bridgehead atoms. The summed E-state index contributed by atoms with van der Waals surface area (Å²) in [6.07, 6.45) is 4.57. The van der Waals surface area contributed by atoms with Crippen molar-refractivity contribution in [2.45, 2.75) is 45.8 Å². The molecule has 3 atom stereocenters. The summed E-state index contributed by atoms with van der Waals surface area (Å²) in [5.41, 5.74) is 2.34. The Bertz CT molecular complexity index is 421. The number of rotatable bonds is 6. The zero-order valence-corrected chi connectivity index (χ0v) is 13.8. The predicted octanol–water partition coefficient (Wildman–Crippen LogP) is 3.00. The summed E-state index contributed by atoms with van der Waals surface area (Å²) in [7, 11) is 1.81. The van der Waals surface area contributed by atoms with E-state index in [0.717, 1.165) is 31.7 Å². The highest BCUT2D eigenvalue weighted by Gasteiger charge is 2.26. The van der Waals surface area contributed by atoms with Crippen molar-refractivity contribution in [1.29, 1.82) is 0 Å². The van der Waals surface area contributed by atoms with E-state index in [-0.39, 0.29) is 0 Å². The Morgan fingerprint density at radius 3 is 2.81 bits per heavy atom. The topological polar surface area (TPSA) is 37.4 Å². The summed E-state index contributed by atoms with van der Waals surface area (Å²) in [5.74, 6) is 0.636. The first-order valence-electron chi connectivity index (χ1n) is 8.16. The van der Waals surface area contributed by atoms with Crippen LogP contribution >= 0.6 is 0 Å². The number of pyridine rings is 1. The van der Waals surface area contributed by atoms with Crippen molar-refractivity contribution in [3.8, 4) is 0 Å².